The number of methoxy groups -OCH3 is 1. The van der Waals surface area contributed by atoms with Crippen molar-refractivity contribution in [2.24, 2.45) is 0 Å². The number of carbonyl (C=O) groups is 1. The average molecular weight is 277 g/mol. The molecule has 0 radical (unpaired) electrons. The van der Waals surface area contributed by atoms with Crippen LogP contribution in [0.25, 0.3) is 0 Å². The summed E-state index contributed by atoms with van der Waals surface area (Å²) in [5, 5.41) is 10.4. The van der Waals surface area contributed by atoms with Crippen LogP contribution in [-0.2, 0) is 20.7 Å². The summed E-state index contributed by atoms with van der Waals surface area (Å²) in [6.07, 6.45) is -0.0125. The van der Waals surface area contributed by atoms with E-state index in [1.807, 2.05) is 0 Å². The van der Waals surface area contributed by atoms with Crippen molar-refractivity contribution in [1.82, 2.24) is 4.98 Å². The second-order valence-corrected chi connectivity index (χ2v) is 5.33. The fourth-order valence-electron chi connectivity index (χ4n) is 1.02. The Kier molecular flexibility index (Phi) is 7.18. The van der Waals surface area contributed by atoms with E-state index in [1.165, 1.54) is 11.3 Å². The van der Waals surface area contributed by atoms with Gasteiger partial charge in [-0.1, -0.05) is 11.8 Å². The highest BCUT2D eigenvalue weighted by Gasteiger charge is 2.06. The third-order valence-electron chi connectivity index (χ3n) is 1.75. The van der Waals surface area contributed by atoms with E-state index in [0.29, 0.717) is 25.5 Å². The maximum absolute atomic E-state index is 10.5. The smallest absolute Gasteiger partial charge is 0.309 e. The van der Waals surface area contributed by atoms with Gasteiger partial charge in [-0.25, -0.2) is 4.98 Å². The molecule has 1 N–H and O–H groups in total. The number of thiazole rings is 1. The second kappa shape index (κ2) is 8.46. The van der Waals surface area contributed by atoms with Crippen molar-refractivity contribution in [3.63, 3.8) is 0 Å². The molecule has 96 valence electrons. The lowest BCUT2D eigenvalue weighted by molar-refractivity contribution is -0.136. The Morgan fingerprint density at radius 3 is 3.06 bits per heavy atom. The maximum atomic E-state index is 10.5. The first-order chi connectivity index (χ1) is 8.22. The quantitative estimate of drug-likeness (QED) is 0.545. The summed E-state index contributed by atoms with van der Waals surface area (Å²) < 4.78 is 11.0. The predicted molar refractivity (Wildman–Crippen MR) is 66.9 cm³/mol. The molecule has 0 saturated carbocycles. The summed E-state index contributed by atoms with van der Waals surface area (Å²) in [5.41, 5.74) is 0.616. The van der Waals surface area contributed by atoms with Crippen LogP contribution in [0.1, 0.15) is 5.69 Å². The van der Waals surface area contributed by atoms with Gasteiger partial charge in [0, 0.05) is 18.2 Å². The molecule has 7 heteroatoms. The zero-order valence-electron chi connectivity index (χ0n) is 9.55. The number of hydrogen-bond donors (Lipinski definition) is 1. The van der Waals surface area contributed by atoms with E-state index in [-0.39, 0.29) is 6.42 Å². The van der Waals surface area contributed by atoms with Crippen LogP contribution in [0.15, 0.2) is 9.72 Å². The van der Waals surface area contributed by atoms with Crippen molar-refractivity contribution in [2.75, 3.05) is 32.7 Å². The summed E-state index contributed by atoms with van der Waals surface area (Å²) in [6, 6.07) is 0. The Bertz CT molecular complexity index is 343. The minimum Gasteiger partial charge on any atom is -0.481 e. The highest BCUT2D eigenvalue weighted by molar-refractivity contribution is 8.01. The Morgan fingerprint density at radius 1 is 1.53 bits per heavy atom. The van der Waals surface area contributed by atoms with Crippen LogP contribution >= 0.6 is 23.1 Å². The molecule has 0 bridgehead atoms. The van der Waals surface area contributed by atoms with E-state index in [4.69, 9.17) is 14.6 Å². The van der Waals surface area contributed by atoms with Crippen LogP contribution in [0, 0.1) is 0 Å². The van der Waals surface area contributed by atoms with E-state index >= 15 is 0 Å². The van der Waals surface area contributed by atoms with Gasteiger partial charge in [0.2, 0.25) is 0 Å². The van der Waals surface area contributed by atoms with Gasteiger partial charge in [-0.3, -0.25) is 4.79 Å². The summed E-state index contributed by atoms with van der Waals surface area (Å²) in [6.45, 7) is 1.84. The van der Waals surface area contributed by atoms with Crippen molar-refractivity contribution in [1.29, 1.82) is 0 Å². The van der Waals surface area contributed by atoms with Crippen LogP contribution in [0.3, 0.4) is 0 Å². The van der Waals surface area contributed by atoms with Gasteiger partial charge in [0.05, 0.1) is 31.9 Å². The molecule has 17 heavy (non-hydrogen) atoms. The van der Waals surface area contributed by atoms with Gasteiger partial charge in [0.25, 0.3) is 0 Å². The fraction of sp³-hybridized carbons (Fsp3) is 0.600. The van der Waals surface area contributed by atoms with E-state index < -0.39 is 5.97 Å². The zero-order valence-corrected chi connectivity index (χ0v) is 11.2. The SMILES string of the molecule is COCCOCCSc1nc(CC(=O)O)cs1. The van der Waals surface area contributed by atoms with Crippen molar-refractivity contribution in [3.8, 4) is 0 Å². The number of carboxylic acid groups (broad SMARTS) is 1. The molecule has 0 fully saturated rings. The van der Waals surface area contributed by atoms with Crippen LogP contribution in [0.4, 0.5) is 0 Å². The third kappa shape index (κ3) is 6.62. The summed E-state index contributed by atoms with van der Waals surface area (Å²) >= 11 is 3.04. The maximum Gasteiger partial charge on any atom is 0.309 e. The Morgan fingerprint density at radius 2 is 2.35 bits per heavy atom. The van der Waals surface area contributed by atoms with Crippen LogP contribution in [-0.4, -0.2) is 48.7 Å². The number of aliphatic carboxylic acids is 1. The molecular formula is C10H15NO4S2. The molecule has 5 nitrogen and oxygen atoms in total. The van der Waals surface area contributed by atoms with Crippen LogP contribution in [0.2, 0.25) is 0 Å². The van der Waals surface area contributed by atoms with E-state index in [0.717, 1.165) is 10.1 Å². The molecule has 1 rings (SSSR count). The third-order valence-corrected chi connectivity index (χ3v) is 3.78. The fourth-order valence-corrected chi connectivity index (χ4v) is 2.79. The molecule has 1 aromatic rings. The van der Waals surface area contributed by atoms with E-state index in [1.54, 1.807) is 24.3 Å². The molecule has 0 aliphatic rings. The van der Waals surface area contributed by atoms with Crippen molar-refractivity contribution in [2.45, 2.75) is 10.8 Å². The van der Waals surface area contributed by atoms with Crippen molar-refractivity contribution < 1.29 is 19.4 Å². The number of carboxylic acids is 1. The van der Waals surface area contributed by atoms with Gasteiger partial charge < -0.3 is 14.6 Å². The normalized spacial score (nSPS) is 10.6. The first-order valence-electron chi connectivity index (χ1n) is 5.08. The Balaban J connectivity index is 2.14. The standard InChI is InChI=1S/C10H15NO4S2/c1-14-2-3-15-4-5-16-10-11-8(7-17-10)6-9(12)13/h7H,2-6H2,1H3,(H,12,13). The highest BCUT2D eigenvalue weighted by Crippen LogP contribution is 2.22. The minimum atomic E-state index is -0.852. The van der Waals surface area contributed by atoms with Gasteiger partial charge in [-0.15, -0.1) is 11.3 Å². The van der Waals surface area contributed by atoms with Gasteiger partial charge in [-0.2, -0.15) is 0 Å². The van der Waals surface area contributed by atoms with Crippen LogP contribution in [0.5, 0.6) is 0 Å². The molecule has 0 atom stereocenters. The van der Waals surface area contributed by atoms with E-state index in [2.05, 4.69) is 4.98 Å². The molecule has 1 heterocycles. The second-order valence-electron chi connectivity index (χ2n) is 3.13. The lowest BCUT2D eigenvalue weighted by Crippen LogP contribution is -2.04. The first kappa shape index (κ1) is 14.4. The number of hydrogen-bond acceptors (Lipinski definition) is 6. The van der Waals surface area contributed by atoms with Crippen molar-refractivity contribution >= 4 is 29.1 Å². The number of ether oxygens (including phenoxy) is 2. The van der Waals surface area contributed by atoms with Gasteiger partial charge >= 0.3 is 5.97 Å². The topological polar surface area (TPSA) is 68.7 Å². The van der Waals surface area contributed by atoms with Crippen LogP contribution < -0.4 is 0 Å². The molecule has 1 aromatic heterocycles. The first-order valence-corrected chi connectivity index (χ1v) is 6.94. The van der Waals surface area contributed by atoms with Crippen molar-refractivity contribution in [3.05, 3.63) is 11.1 Å². The molecule has 0 amide bonds. The minimum absolute atomic E-state index is 0.0125. The molecule has 0 spiro atoms. The number of rotatable bonds is 9. The highest BCUT2D eigenvalue weighted by atomic mass is 32.2. The Labute approximate surface area is 108 Å². The lowest BCUT2D eigenvalue weighted by Gasteiger charge is -2.01. The van der Waals surface area contributed by atoms with Gasteiger partial charge in [0.1, 0.15) is 4.34 Å². The lowest BCUT2D eigenvalue weighted by atomic mass is 10.3. The van der Waals surface area contributed by atoms with Gasteiger partial charge in [0.15, 0.2) is 0 Å². The molecule has 0 aliphatic heterocycles. The largest absolute Gasteiger partial charge is 0.481 e. The monoisotopic (exact) mass is 277 g/mol. The molecule has 0 aromatic carbocycles. The molecule has 0 aliphatic carbocycles. The van der Waals surface area contributed by atoms with Gasteiger partial charge in [-0.05, 0) is 0 Å². The average Bonchev–Trinajstić information content (AvgIpc) is 2.70. The molecule has 0 unspecified atom stereocenters. The predicted octanol–water partition coefficient (Wildman–Crippen LogP) is 1.53. The Hall–Kier alpha value is -0.630. The van der Waals surface area contributed by atoms with E-state index in [9.17, 15) is 4.79 Å². The number of aromatic nitrogens is 1. The number of nitrogens with zero attached hydrogens (tertiary/aromatic N) is 1. The summed E-state index contributed by atoms with van der Waals surface area (Å²) in [5.74, 6) is -0.0428. The molecular weight excluding hydrogens is 262 g/mol. The zero-order chi connectivity index (χ0) is 12.5. The number of thioether (sulfide) groups is 1. The summed E-state index contributed by atoms with van der Waals surface area (Å²) in [7, 11) is 1.64. The molecule has 0 saturated heterocycles. The summed E-state index contributed by atoms with van der Waals surface area (Å²) in [4.78, 5) is 14.7.